The SMILES string of the molecule is O=Cc1cc2c([nH]1)=CCCC=2. The van der Waals surface area contributed by atoms with Crippen molar-refractivity contribution in [2.45, 2.75) is 12.8 Å². The number of carbonyl (C=O) groups excluding carboxylic acids is 1. The Bertz CT molecular complexity index is 353. The van der Waals surface area contributed by atoms with Gasteiger partial charge in [0.2, 0.25) is 0 Å². The fourth-order valence-corrected chi connectivity index (χ4v) is 1.38. The molecule has 0 unspecified atom stereocenters. The van der Waals surface area contributed by atoms with Gasteiger partial charge in [-0.25, -0.2) is 0 Å². The summed E-state index contributed by atoms with van der Waals surface area (Å²) in [6.45, 7) is 0. The van der Waals surface area contributed by atoms with Crippen molar-refractivity contribution in [1.29, 1.82) is 0 Å². The highest BCUT2D eigenvalue weighted by atomic mass is 16.1. The third-order valence-corrected chi connectivity index (χ3v) is 1.91. The Kier molecular flexibility index (Phi) is 1.39. The molecule has 2 rings (SSSR count). The van der Waals surface area contributed by atoms with E-state index in [1.807, 2.05) is 6.07 Å². The van der Waals surface area contributed by atoms with E-state index in [1.165, 1.54) is 5.22 Å². The largest absolute Gasteiger partial charge is 0.353 e. The minimum Gasteiger partial charge on any atom is -0.353 e. The van der Waals surface area contributed by atoms with Crippen molar-refractivity contribution < 1.29 is 4.79 Å². The first-order valence-electron chi connectivity index (χ1n) is 3.75. The number of hydrogen-bond donors (Lipinski definition) is 1. The zero-order chi connectivity index (χ0) is 7.68. The molecule has 1 heterocycles. The summed E-state index contributed by atoms with van der Waals surface area (Å²) >= 11 is 0. The second-order valence-electron chi connectivity index (χ2n) is 2.70. The Morgan fingerprint density at radius 3 is 2.91 bits per heavy atom. The fraction of sp³-hybridized carbons (Fsp3) is 0.222. The van der Waals surface area contributed by atoms with Crippen LogP contribution in [0.2, 0.25) is 0 Å². The fourth-order valence-electron chi connectivity index (χ4n) is 1.38. The lowest BCUT2D eigenvalue weighted by molar-refractivity contribution is 0.111. The summed E-state index contributed by atoms with van der Waals surface area (Å²) in [5.74, 6) is 0. The number of aromatic nitrogens is 1. The zero-order valence-corrected chi connectivity index (χ0v) is 6.13. The van der Waals surface area contributed by atoms with Gasteiger partial charge in [-0.05, 0) is 24.1 Å². The van der Waals surface area contributed by atoms with Crippen LogP contribution >= 0.6 is 0 Å². The third kappa shape index (κ3) is 1.00. The van der Waals surface area contributed by atoms with Crippen molar-refractivity contribution in [1.82, 2.24) is 4.98 Å². The second-order valence-corrected chi connectivity index (χ2v) is 2.70. The molecule has 0 fully saturated rings. The van der Waals surface area contributed by atoms with Gasteiger partial charge in [0.15, 0.2) is 6.29 Å². The van der Waals surface area contributed by atoms with Crippen molar-refractivity contribution >= 4 is 18.4 Å². The molecule has 0 radical (unpaired) electrons. The number of aldehydes is 1. The van der Waals surface area contributed by atoms with Crippen molar-refractivity contribution in [2.24, 2.45) is 0 Å². The average molecular weight is 147 g/mol. The average Bonchev–Trinajstić information content (AvgIpc) is 2.46. The van der Waals surface area contributed by atoms with Gasteiger partial charge in [-0.2, -0.15) is 0 Å². The summed E-state index contributed by atoms with van der Waals surface area (Å²) in [5, 5.41) is 2.26. The normalized spacial score (nSPS) is 14.5. The first-order valence-corrected chi connectivity index (χ1v) is 3.75. The molecule has 0 bridgehead atoms. The van der Waals surface area contributed by atoms with Crippen LogP contribution in [0, 0.1) is 0 Å². The van der Waals surface area contributed by atoms with E-state index >= 15 is 0 Å². The Morgan fingerprint density at radius 2 is 2.18 bits per heavy atom. The molecular formula is C9H9NO. The highest BCUT2D eigenvalue weighted by molar-refractivity contribution is 5.72. The molecule has 1 aromatic rings. The number of carbonyl (C=O) groups is 1. The van der Waals surface area contributed by atoms with Gasteiger partial charge in [0.05, 0.1) is 5.69 Å². The van der Waals surface area contributed by atoms with Gasteiger partial charge >= 0.3 is 0 Å². The molecule has 0 amide bonds. The van der Waals surface area contributed by atoms with E-state index in [0.29, 0.717) is 5.69 Å². The topological polar surface area (TPSA) is 32.9 Å². The maximum absolute atomic E-state index is 10.4. The Hall–Kier alpha value is -1.31. The van der Waals surface area contributed by atoms with Gasteiger partial charge in [0.1, 0.15) is 0 Å². The van der Waals surface area contributed by atoms with Crippen LogP contribution in [0.15, 0.2) is 6.07 Å². The number of aromatic amines is 1. The molecule has 1 N–H and O–H groups in total. The molecule has 56 valence electrons. The zero-order valence-electron chi connectivity index (χ0n) is 6.13. The van der Waals surface area contributed by atoms with Gasteiger partial charge in [-0.1, -0.05) is 12.2 Å². The number of hydrogen-bond acceptors (Lipinski definition) is 1. The van der Waals surface area contributed by atoms with E-state index in [2.05, 4.69) is 17.1 Å². The van der Waals surface area contributed by atoms with Crippen LogP contribution in [0.3, 0.4) is 0 Å². The van der Waals surface area contributed by atoms with Crippen molar-refractivity contribution in [3.63, 3.8) is 0 Å². The molecular weight excluding hydrogens is 138 g/mol. The molecule has 0 spiro atoms. The summed E-state index contributed by atoms with van der Waals surface area (Å²) in [7, 11) is 0. The summed E-state index contributed by atoms with van der Waals surface area (Å²) in [6.07, 6.45) is 7.29. The van der Waals surface area contributed by atoms with Crippen LogP contribution in [0.1, 0.15) is 23.3 Å². The Balaban J connectivity index is 2.75. The summed E-state index contributed by atoms with van der Waals surface area (Å²) in [5.41, 5.74) is 0.671. The number of H-pyrrole nitrogens is 1. The standard InChI is InChI=1S/C9H9NO/c11-6-8-5-7-3-1-2-4-9(7)10-8/h3-6,10H,1-2H2. The molecule has 1 aliphatic carbocycles. The van der Waals surface area contributed by atoms with Gasteiger partial charge in [-0.15, -0.1) is 0 Å². The van der Waals surface area contributed by atoms with E-state index in [9.17, 15) is 4.79 Å². The summed E-state index contributed by atoms with van der Waals surface area (Å²) in [4.78, 5) is 13.4. The molecule has 0 atom stereocenters. The molecule has 0 saturated carbocycles. The van der Waals surface area contributed by atoms with Crippen molar-refractivity contribution in [3.05, 3.63) is 22.3 Å². The minimum atomic E-state index is 0.671. The predicted molar refractivity (Wildman–Crippen MR) is 43.6 cm³/mol. The molecule has 1 aromatic heterocycles. The van der Waals surface area contributed by atoms with Crippen LogP contribution in [0.5, 0.6) is 0 Å². The molecule has 2 heteroatoms. The summed E-state index contributed by atoms with van der Waals surface area (Å²) < 4.78 is 0. The molecule has 11 heavy (non-hydrogen) atoms. The van der Waals surface area contributed by atoms with Gasteiger partial charge in [0.25, 0.3) is 0 Å². The molecule has 1 aliphatic rings. The highest BCUT2D eigenvalue weighted by Gasteiger charge is 1.96. The maximum Gasteiger partial charge on any atom is 0.166 e. The predicted octanol–water partition coefficient (Wildman–Crippen LogP) is 0.182. The third-order valence-electron chi connectivity index (χ3n) is 1.91. The lowest BCUT2D eigenvalue weighted by atomic mass is 10.2. The molecule has 0 aromatic carbocycles. The smallest absolute Gasteiger partial charge is 0.166 e. The summed E-state index contributed by atoms with van der Waals surface area (Å²) in [6, 6.07) is 1.89. The van der Waals surface area contributed by atoms with Crippen LogP contribution in [0.4, 0.5) is 0 Å². The van der Waals surface area contributed by atoms with Gasteiger partial charge in [-0.3, -0.25) is 4.79 Å². The van der Waals surface area contributed by atoms with Crippen molar-refractivity contribution in [3.8, 4) is 0 Å². The molecule has 0 saturated heterocycles. The van der Waals surface area contributed by atoms with Crippen LogP contribution in [0.25, 0.3) is 12.2 Å². The number of fused-ring (bicyclic) bond motifs is 1. The van der Waals surface area contributed by atoms with E-state index in [-0.39, 0.29) is 0 Å². The van der Waals surface area contributed by atoms with E-state index in [0.717, 1.165) is 24.5 Å². The van der Waals surface area contributed by atoms with Crippen LogP contribution in [-0.2, 0) is 0 Å². The molecule has 2 nitrogen and oxygen atoms in total. The monoisotopic (exact) mass is 147 g/mol. The van der Waals surface area contributed by atoms with Crippen LogP contribution < -0.4 is 10.6 Å². The second kappa shape index (κ2) is 2.38. The lowest BCUT2D eigenvalue weighted by Crippen LogP contribution is -2.23. The Labute approximate surface area is 64.2 Å². The van der Waals surface area contributed by atoms with Gasteiger partial charge in [0, 0.05) is 5.35 Å². The number of rotatable bonds is 1. The first kappa shape index (κ1) is 6.40. The first-order chi connectivity index (χ1) is 5.40. The lowest BCUT2D eigenvalue weighted by Gasteiger charge is -1.91. The minimum absolute atomic E-state index is 0.671. The quantitative estimate of drug-likeness (QED) is 0.565. The number of nitrogens with one attached hydrogen (secondary N) is 1. The highest BCUT2D eigenvalue weighted by Crippen LogP contribution is 1.94. The van der Waals surface area contributed by atoms with Gasteiger partial charge < -0.3 is 4.98 Å². The maximum atomic E-state index is 10.4. The molecule has 0 aliphatic heterocycles. The van der Waals surface area contributed by atoms with E-state index in [4.69, 9.17) is 0 Å². The van der Waals surface area contributed by atoms with E-state index < -0.39 is 0 Å². The van der Waals surface area contributed by atoms with Crippen molar-refractivity contribution in [2.75, 3.05) is 0 Å². The van der Waals surface area contributed by atoms with Crippen LogP contribution in [-0.4, -0.2) is 11.3 Å². The van der Waals surface area contributed by atoms with E-state index in [1.54, 1.807) is 0 Å². The Morgan fingerprint density at radius 1 is 1.36 bits per heavy atom.